The van der Waals surface area contributed by atoms with Gasteiger partial charge in [0.05, 0.1) is 18.8 Å². The van der Waals surface area contributed by atoms with Crippen LogP contribution in [0.5, 0.6) is 5.75 Å². The minimum Gasteiger partial charge on any atom is -0.467 e. The highest BCUT2D eigenvalue weighted by atomic mass is 19.1. The lowest BCUT2D eigenvalue weighted by Crippen LogP contribution is -2.15. The van der Waals surface area contributed by atoms with Crippen molar-refractivity contribution in [1.29, 1.82) is 0 Å². The molecule has 3 rings (SSSR count). The lowest BCUT2D eigenvalue weighted by Gasteiger charge is -2.20. The number of hydrogen-bond donors (Lipinski definition) is 0. The smallest absolute Gasteiger partial charge is 0.338 e. The van der Waals surface area contributed by atoms with E-state index in [9.17, 15) is 9.18 Å². The Morgan fingerprint density at radius 1 is 1.25 bits per heavy atom. The van der Waals surface area contributed by atoms with Crippen molar-refractivity contribution in [2.45, 2.75) is 19.8 Å². The van der Waals surface area contributed by atoms with Crippen molar-refractivity contribution >= 4 is 5.97 Å². The van der Waals surface area contributed by atoms with Gasteiger partial charge in [-0.1, -0.05) is 12.1 Å². The predicted octanol–water partition coefficient (Wildman–Crippen LogP) is 3.20. The van der Waals surface area contributed by atoms with Crippen LogP contribution >= 0.6 is 0 Å². The highest BCUT2D eigenvalue weighted by Gasteiger charge is 2.18. The number of carbonyl (C=O) groups is 1. The van der Waals surface area contributed by atoms with Gasteiger partial charge in [-0.25, -0.2) is 9.18 Å². The molecule has 6 heteroatoms. The Morgan fingerprint density at radius 2 is 2.12 bits per heavy atom. The average molecular weight is 332 g/mol. The zero-order valence-electron chi connectivity index (χ0n) is 13.2. The molecule has 0 radical (unpaired) electrons. The Kier molecular flexibility index (Phi) is 5.08. The molecular weight excluding hydrogens is 315 g/mol. The quantitative estimate of drug-likeness (QED) is 0.787. The first-order valence-electron chi connectivity index (χ1n) is 7.44. The molecule has 0 saturated heterocycles. The van der Waals surface area contributed by atoms with Crippen molar-refractivity contribution in [3.63, 3.8) is 0 Å². The van der Waals surface area contributed by atoms with Gasteiger partial charge in [0.25, 0.3) is 0 Å². The molecule has 126 valence electrons. The van der Waals surface area contributed by atoms with Crippen LogP contribution in [0.2, 0.25) is 0 Å². The van der Waals surface area contributed by atoms with Crippen molar-refractivity contribution in [1.82, 2.24) is 0 Å². The summed E-state index contributed by atoms with van der Waals surface area (Å²) in [4.78, 5) is 12.2. The third-order valence-electron chi connectivity index (χ3n) is 3.58. The van der Waals surface area contributed by atoms with Crippen molar-refractivity contribution in [3.8, 4) is 5.75 Å². The average Bonchev–Trinajstić information content (AvgIpc) is 2.59. The van der Waals surface area contributed by atoms with Gasteiger partial charge >= 0.3 is 5.97 Å². The van der Waals surface area contributed by atoms with Crippen LogP contribution in [0, 0.1) is 5.82 Å². The molecular formula is C18H17FO5. The zero-order valence-corrected chi connectivity index (χ0v) is 13.2. The molecule has 1 aliphatic heterocycles. The van der Waals surface area contributed by atoms with Crippen LogP contribution in [-0.4, -0.2) is 19.9 Å². The summed E-state index contributed by atoms with van der Waals surface area (Å²) < 4.78 is 34.6. The van der Waals surface area contributed by atoms with E-state index in [1.807, 2.05) is 6.07 Å². The number of hydrogen-bond acceptors (Lipinski definition) is 5. The van der Waals surface area contributed by atoms with Crippen molar-refractivity contribution in [3.05, 3.63) is 64.5 Å². The molecule has 1 aliphatic rings. The fourth-order valence-corrected chi connectivity index (χ4v) is 2.55. The van der Waals surface area contributed by atoms with Gasteiger partial charge < -0.3 is 18.9 Å². The van der Waals surface area contributed by atoms with Gasteiger partial charge in [0.1, 0.15) is 18.2 Å². The molecule has 0 unspecified atom stereocenters. The highest BCUT2D eigenvalue weighted by Crippen LogP contribution is 2.30. The third kappa shape index (κ3) is 3.72. The van der Waals surface area contributed by atoms with Crippen molar-refractivity contribution in [2.75, 3.05) is 13.9 Å². The van der Waals surface area contributed by atoms with E-state index in [2.05, 4.69) is 0 Å². The first-order chi connectivity index (χ1) is 11.7. The van der Waals surface area contributed by atoms with Gasteiger partial charge in [-0.3, -0.25) is 0 Å². The monoisotopic (exact) mass is 332 g/mol. The zero-order chi connectivity index (χ0) is 16.9. The van der Waals surface area contributed by atoms with E-state index >= 15 is 0 Å². The molecule has 0 amide bonds. The highest BCUT2D eigenvalue weighted by molar-refractivity contribution is 5.89. The number of methoxy groups -OCH3 is 1. The Bertz CT molecular complexity index is 744. The SMILES string of the molecule is COCc1cccc(C(=O)OCc2cc(F)cc3c2OCOC3)c1. The molecule has 5 nitrogen and oxygen atoms in total. The number of halogens is 1. The first kappa shape index (κ1) is 16.4. The third-order valence-corrected chi connectivity index (χ3v) is 3.58. The van der Waals surface area contributed by atoms with Gasteiger partial charge in [0.2, 0.25) is 0 Å². The maximum absolute atomic E-state index is 13.7. The lowest BCUT2D eigenvalue weighted by molar-refractivity contribution is -0.0182. The maximum Gasteiger partial charge on any atom is 0.338 e. The second-order valence-corrected chi connectivity index (χ2v) is 5.37. The second-order valence-electron chi connectivity index (χ2n) is 5.37. The minimum absolute atomic E-state index is 0.0760. The van der Waals surface area contributed by atoms with Crippen LogP contribution in [0.4, 0.5) is 4.39 Å². The Morgan fingerprint density at radius 3 is 2.96 bits per heavy atom. The number of fused-ring (bicyclic) bond motifs is 1. The Labute approximate surface area is 138 Å². The van der Waals surface area contributed by atoms with Crippen LogP contribution in [0.25, 0.3) is 0 Å². The normalized spacial score (nSPS) is 13.1. The van der Waals surface area contributed by atoms with E-state index in [0.717, 1.165) is 5.56 Å². The fraction of sp³-hybridized carbons (Fsp3) is 0.278. The van der Waals surface area contributed by atoms with Crippen LogP contribution in [0.15, 0.2) is 36.4 Å². The molecule has 0 saturated carbocycles. The molecule has 0 aromatic heterocycles. The topological polar surface area (TPSA) is 54.0 Å². The largest absolute Gasteiger partial charge is 0.467 e. The molecule has 24 heavy (non-hydrogen) atoms. The summed E-state index contributed by atoms with van der Waals surface area (Å²) in [5, 5.41) is 0. The number of ether oxygens (including phenoxy) is 4. The number of carbonyl (C=O) groups excluding carboxylic acids is 1. The van der Waals surface area contributed by atoms with Crippen LogP contribution in [-0.2, 0) is 34.0 Å². The van der Waals surface area contributed by atoms with Gasteiger partial charge in [-0.2, -0.15) is 0 Å². The van der Waals surface area contributed by atoms with Gasteiger partial charge in [-0.05, 0) is 29.8 Å². The second kappa shape index (κ2) is 7.42. The molecule has 0 fully saturated rings. The maximum atomic E-state index is 13.7. The molecule has 2 aromatic carbocycles. The Balaban J connectivity index is 1.73. The summed E-state index contributed by atoms with van der Waals surface area (Å²) in [5.41, 5.74) is 2.37. The van der Waals surface area contributed by atoms with Crippen LogP contribution < -0.4 is 4.74 Å². The molecule has 0 N–H and O–H groups in total. The van der Waals surface area contributed by atoms with Crippen LogP contribution in [0.3, 0.4) is 0 Å². The van der Waals surface area contributed by atoms with Crippen molar-refractivity contribution < 1.29 is 28.1 Å². The first-order valence-corrected chi connectivity index (χ1v) is 7.44. The summed E-state index contributed by atoms with van der Waals surface area (Å²) in [6, 6.07) is 9.64. The summed E-state index contributed by atoms with van der Waals surface area (Å²) in [6.45, 7) is 0.700. The van der Waals surface area contributed by atoms with Gasteiger partial charge in [-0.15, -0.1) is 0 Å². The van der Waals surface area contributed by atoms with Crippen molar-refractivity contribution in [2.24, 2.45) is 0 Å². The van der Waals surface area contributed by atoms with E-state index in [0.29, 0.717) is 29.0 Å². The molecule has 1 heterocycles. The Hall–Kier alpha value is -2.44. The summed E-state index contributed by atoms with van der Waals surface area (Å²) in [5.74, 6) is -0.391. The van der Waals surface area contributed by atoms with Gasteiger partial charge in [0.15, 0.2) is 6.79 Å². The van der Waals surface area contributed by atoms with E-state index in [1.165, 1.54) is 12.1 Å². The molecule has 2 aromatic rings. The van der Waals surface area contributed by atoms with Crippen LogP contribution in [0.1, 0.15) is 27.0 Å². The standard InChI is InChI=1S/C18H17FO5/c1-21-8-12-3-2-4-13(5-12)18(20)23-10-15-7-16(19)6-14-9-22-11-24-17(14)15/h2-7H,8-11H2,1H3. The van der Waals surface area contributed by atoms with E-state index in [-0.39, 0.29) is 20.0 Å². The fourth-order valence-electron chi connectivity index (χ4n) is 2.55. The number of rotatable bonds is 5. The predicted molar refractivity (Wildman–Crippen MR) is 83.0 cm³/mol. The molecule has 0 atom stereocenters. The van der Waals surface area contributed by atoms with E-state index in [1.54, 1.807) is 25.3 Å². The lowest BCUT2D eigenvalue weighted by atomic mass is 10.1. The molecule has 0 spiro atoms. The molecule has 0 aliphatic carbocycles. The number of esters is 1. The van der Waals surface area contributed by atoms with E-state index in [4.69, 9.17) is 18.9 Å². The summed E-state index contributed by atoms with van der Waals surface area (Å²) in [6.07, 6.45) is 0. The summed E-state index contributed by atoms with van der Waals surface area (Å²) in [7, 11) is 1.59. The van der Waals surface area contributed by atoms with E-state index < -0.39 is 11.8 Å². The molecule has 0 bridgehead atoms. The summed E-state index contributed by atoms with van der Waals surface area (Å²) >= 11 is 0. The minimum atomic E-state index is -0.488. The van der Waals surface area contributed by atoms with Gasteiger partial charge in [0, 0.05) is 18.2 Å². The number of benzene rings is 2.